The molecule has 0 saturated carbocycles. The predicted molar refractivity (Wildman–Crippen MR) is 93.3 cm³/mol. The monoisotopic (exact) mass is 342 g/mol. The van der Waals surface area contributed by atoms with Crippen molar-refractivity contribution in [2.24, 2.45) is 0 Å². The SMILES string of the molecule is COc1ccc(OC)c(C2CCCN2C(=O)c2ccc(OC)nc2)c1. The van der Waals surface area contributed by atoms with Crippen molar-refractivity contribution in [3.8, 4) is 17.4 Å². The average Bonchev–Trinajstić information content (AvgIpc) is 3.16. The number of nitrogens with zero attached hydrogens (tertiary/aromatic N) is 2. The Morgan fingerprint density at radius 3 is 2.60 bits per heavy atom. The first-order chi connectivity index (χ1) is 12.2. The lowest BCUT2D eigenvalue weighted by molar-refractivity contribution is 0.0733. The molecule has 1 atom stereocenters. The number of hydrogen-bond donors (Lipinski definition) is 0. The molecule has 0 N–H and O–H groups in total. The number of ether oxygens (including phenoxy) is 3. The number of carbonyl (C=O) groups excluding carboxylic acids is 1. The summed E-state index contributed by atoms with van der Waals surface area (Å²) in [7, 11) is 4.82. The first kappa shape index (κ1) is 17.1. The van der Waals surface area contributed by atoms with Gasteiger partial charge >= 0.3 is 0 Å². The highest BCUT2D eigenvalue weighted by Crippen LogP contribution is 2.39. The zero-order chi connectivity index (χ0) is 17.8. The summed E-state index contributed by atoms with van der Waals surface area (Å²) in [5.74, 6) is 1.96. The van der Waals surface area contributed by atoms with Gasteiger partial charge in [0.1, 0.15) is 11.5 Å². The van der Waals surface area contributed by atoms with Gasteiger partial charge in [-0.1, -0.05) is 0 Å². The third-order valence-electron chi connectivity index (χ3n) is 4.50. The summed E-state index contributed by atoms with van der Waals surface area (Å²) in [6, 6.07) is 9.08. The van der Waals surface area contributed by atoms with Crippen LogP contribution in [0.3, 0.4) is 0 Å². The molecule has 6 heteroatoms. The average molecular weight is 342 g/mol. The van der Waals surface area contributed by atoms with Crippen LogP contribution in [0.1, 0.15) is 34.8 Å². The predicted octanol–water partition coefficient (Wildman–Crippen LogP) is 3.08. The second-order valence-electron chi connectivity index (χ2n) is 5.85. The topological polar surface area (TPSA) is 60.9 Å². The molecule has 1 saturated heterocycles. The maximum absolute atomic E-state index is 13.0. The van der Waals surface area contributed by atoms with Gasteiger partial charge in [0.15, 0.2) is 0 Å². The van der Waals surface area contributed by atoms with E-state index < -0.39 is 0 Å². The van der Waals surface area contributed by atoms with Crippen molar-refractivity contribution in [1.29, 1.82) is 0 Å². The van der Waals surface area contributed by atoms with Crippen LogP contribution in [-0.2, 0) is 0 Å². The van der Waals surface area contributed by atoms with Gasteiger partial charge in [0.25, 0.3) is 5.91 Å². The summed E-state index contributed by atoms with van der Waals surface area (Å²) in [6.45, 7) is 0.704. The quantitative estimate of drug-likeness (QED) is 0.836. The van der Waals surface area contributed by atoms with Gasteiger partial charge in [-0.15, -0.1) is 0 Å². The molecule has 3 rings (SSSR count). The van der Waals surface area contributed by atoms with Gasteiger partial charge in [0.2, 0.25) is 5.88 Å². The van der Waals surface area contributed by atoms with Crippen LogP contribution in [0.5, 0.6) is 17.4 Å². The lowest BCUT2D eigenvalue weighted by atomic mass is 10.0. The van der Waals surface area contributed by atoms with Crippen molar-refractivity contribution in [1.82, 2.24) is 9.88 Å². The summed E-state index contributed by atoms with van der Waals surface area (Å²) in [5, 5.41) is 0. The number of pyridine rings is 1. The Hall–Kier alpha value is -2.76. The fourth-order valence-electron chi connectivity index (χ4n) is 3.23. The number of methoxy groups -OCH3 is 3. The van der Waals surface area contributed by atoms with E-state index in [0.717, 1.165) is 29.9 Å². The molecule has 2 heterocycles. The molecule has 1 aliphatic rings. The van der Waals surface area contributed by atoms with Crippen molar-refractivity contribution < 1.29 is 19.0 Å². The maximum atomic E-state index is 13.0. The first-order valence-electron chi connectivity index (χ1n) is 8.21. The minimum Gasteiger partial charge on any atom is -0.497 e. The van der Waals surface area contributed by atoms with Crippen LogP contribution in [0.2, 0.25) is 0 Å². The molecule has 1 amide bonds. The number of aromatic nitrogens is 1. The molecule has 1 aliphatic heterocycles. The molecular formula is C19H22N2O4. The molecule has 1 aromatic carbocycles. The molecular weight excluding hydrogens is 320 g/mol. The van der Waals surface area contributed by atoms with Gasteiger partial charge in [-0.3, -0.25) is 4.79 Å². The lowest BCUT2D eigenvalue weighted by Crippen LogP contribution is -2.30. The molecule has 2 aromatic rings. The summed E-state index contributed by atoms with van der Waals surface area (Å²) < 4.78 is 15.9. The molecule has 6 nitrogen and oxygen atoms in total. The minimum atomic E-state index is -0.0420. The van der Waals surface area contributed by atoms with Crippen molar-refractivity contribution in [3.05, 3.63) is 47.7 Å². The number of hydrogen-bond acceptors (Lipinski definition) is 5. The highest BCUT2D eigenvalue weighted by atomic mass is 16.5. The van der Waals surface area contributed by atoms with E-state index in [1.807, 2.05) is 23.1 Å². The van der Waals surface area contributed by atoms with Gasteiger partial charge in [-0.05, 0) is 37.1 Å². The summed E-state index contributed by atoms with van der Waals surface area (Å²) in [6.07, 6.45) is 3.39. The Bertz CT molecular complexity index is 746. The third kappa shape index (κ3) is 3.38. The second-order valence-corrected chi connectivity index (χ2v) is 5.85. The normalized spacial score (nSPS) is 16.6. The molecule has 1 unspecified atom stereocenters. The van der Waals surface area contributed by atoms with Crippen molar-refractivity contribution in [3.63, 3.8) is 0 Å². The van der Waals surface area contributed by atoms with Crippen molar-refractivity contribution in [2.45, 2.75) is 18.9 Å². The van der Waals surface area contributed by atoms with Crippen LogP contribution in [0.4, 0.5) is 0 Å². The number of rotatable bonds is 5. The van der Waals surface area contributed by atoms with Crippen LogP contribution in [0.25, 0.3) is 0 Å². The molecule has 0 spiro atoms. The van der Waals surface area contributed by atoms with E-state index in [-0.39, 0.29) is 11.9 Å². The Balaban J connectivity index is 1.90. The molecule has 132 valence electrons. The van der Waals surface area contributed by atoms with Gasteiger partial charge < -0.3 is 19.1 Å². The fourth-order valence-corrected chi connectivity index (χ4v) is 3.23. The van der Waals surface area contributed by atoms with E-state index >= 15 is 0 Å². The van der Waals surface area contributed by atoms with Crippen molar-refractivity contribution >= 4 is 5.91 Å². The van der Waals surface area contributed by atoms with E-state index in [4.69, 9.17) is 14.2 Å². The summed E-state index contributed by atoms with van der Waals surface area (Å²) in [5.41, 5.74) is 1.52. The zero-order valence-corrected chi connectivity index (χ0v) is 14.7. The second kappa shape index (κ2) is 7.42. The number of likely N-dealkylation sites (tertiary alicyclic amines) is 1. The van der Waals surface area contributed by atoms with E-state index in [2.05, 4.69) is 4.98 Å². The number of benzene rings is 1. The summed E-state index contributed by atoms with van der Waals surface area (Å²) >= 11 is 0. The zero-order valence-electron chi connectivity index (χ0n) is 14.7. The molecule has 25 heavy (non-hydrogen) atoms. The minimum absolute atomic E-state index is 0.0393. The van der Waals surface area contributed by atoms with Crippen LogP contribution in [-0.4, -0.2) is 43.7 Å². The maximum Gasteiger partial charge on any atom is 0.255 e. The Morgan fingerprint density at radius 2 is 1.96 bits per heavy atom. The lowest BCUT2D eigenvalue weighted by Gasteiger charge is -2.26. The Morgan fingerprint density at radius 1 is 1.12 bits per heavy atom. The van der Waals surface area contributed by atoms with Crippen molar-refractivity contribution in [2.75, 3.05) is 27.9 Å². The van der Waals surface area contributed by atoms with Gasteiger partial charge in [-0.25, -0.2) is 4.98 Å². The van der Waals surface area contributed by atoms with Gasteiger partial charge in [0, 0.05) is 24.4 Å². The van der Waals surface area contributed by atoms with E-state index in [1.165, 1.54) is 0 Å². The molecule has 0 bridgehead atoms. The van der Waals surface area contributed by atoms with Crippen LogP contribution in [0.15, 0.2) is 36.5 Å². The first-order valence-corrected chi connectivity index (χ1v) is 8.21. The van der Waals surface area contributed by atoms with Gasteiger partial charge in [0.05, 0.1) is 32.9 Å². The molecule has 0 aliphatic carbocycles. The Labute approximate surface area is 147 Å². The largest absolute Gasteiger partial charge is 0.497 e. The third-order valence-corrected chi connectivity index (χ3v) is 4.50. The highest BCUT2D eigenvalue weighted by Gasteiger charge is 2.32. The molecule has 1 fully saturated rings. The fraction of sp³-hybridized carbons (Fsp3) is 0.368. The van der Waals surface area contributed by atoms with E-state index in [9.17, 15) is 4.79 Å². The van der Waals surface area contributed by atoms with Crippen LogP contribution >= 0.6 is 0 Å². The number of carbonyl (C=O) groups is 1. The smallest absolute Gasteiger partial charge is 0.255 e. The Kier molecular flexibility index (Phi) is 5.07. The highest BCUT2D eigenvalue weighted by molar-refractivity contribution is 5.94. The van der Waals surface area contributed by atoms with Crippen LogP contribution in [0, 0.1) is 0 Å². The standard InChI is InChI=1S/C19H22N2O4/c1-23-14-7-8-17(24-2)15(11-14)16-5-4-10-21(16)19(22)13-6-9-18(25-3)20-12-13/h6-9,11-12,16H,4-5,10H2,1-3H3. The van der Waals surface area contributed by atoms with E-state index in [1.54, 1.807) is 39.7 Å². The number of amides is 1. The summed E-state index contributed by atoms with van der Waals surface area (Å²) in [4.78, 5) is 19.0. The van der Waals surface area contributed by atoms with Gasteiger partial charge in [-0.2, -0.15) is 0 Å². The van der Waals surface area contributed by atoms with E-state index in [0.29, 0.717) is 18.0 Å². The molecule has 0 radical (unpaired) electrons. The molecule has 1 aromatic heterocycles. The van der Waals surface area contributed by atoms with Crippen LogP contribution < -0.4 is 14.2 Å².